The predicted molar refractivity (Wildman–Crippen MR) is 57.1 cm³/mol. The van der Waals surface area contributed by atoms with Gasteiger partial charge in [-0.3, -0.25) is 0 Å². The first kappa shape index (κ1) is 13.2. The summed E-state index contributed by atoms with van der Waals surface area (Å²) in [6.07, 6.45) is 1.54. The summed E-state index contributed by atoms with van der Waals surface area (Å²) >= 11 is 0. The van der Waals surface area contributed by atoms with E-state index in [-0.39, 0.29) is 12.1 Å². The summed E-state index contributed by atoms with van der Waals surface area (Å²) in [6, 6.07) is 0.0414. The van der Waals surface area contributed by atoms with E-state index in [0.29, 0.717) is 19.1 Å². The molecule has 0 saturated carbocycles. The standard InChI is InChI=1S/C10H22N2O2/c1-4-5-9(6-11)12-10(13)14-7-8(2)3/h8-9H,4-7,11H2,1-3H3,(H,12,13). The third-order valence-electron chi connectivity index (χ3n) is 1.79. The maximum absolute atomic E-state index is 11.2. The number of hydrogen-bond acceptors (Lipinski definition) is 3. The second kappa shape index (κ2) is 7.62. The molecule has 14 heavy (non-hydrogen) atoms. The number of amides is 1. The summed E-state index contributed by atoms with van der Waals surface area (Å²) < 4.78 is 4.98. The summed E-state index contributed by atoms with van der Waals surface area (Å²) in [5.41, 5.74) is 5.49. The van der Waals surface area contributed by atoms with Crippen molar-refractivity contribution in [1.29, 1.82) is 0 Å². The summed E-state index contributed by atoms with van der Waals surface area (Å²) in [5.74, 6) is 0.364. The third-order valence-corrected chi connectivity index (χ3v) is 1.79. The summed E-state index contributed by atoms with van der Waals surface area (Å²) in [7, 11) is 0. The number of nitrogens with one attached hydrogen (secondary N) is 1. The summed E-state index contributed by atoms with van der Waals surface area (Å²) in [6.45, 7) is 6.98. The molecule has 0 aliphatic rings. The smallest absolute Gasteiger partial charge is 0.407 e. The first-order valence-corrected chi connectivity index (χ1v) is 5.23. The molecule has 1 atom stereocenters. The van der Waals surface area contributed by atoms with E-state index in [1.54, 1.807) is 0 Å². The predicted octanol–water partition coefficient (Wildman–Crippen LogP) is 1.50. The van der Waals surface area contributed by atoms with Gasteiger partial charge in [-0.05, 0) is 12.3 Å². The maximum Gasteiger partial charge on any atom is 0.407 e. The van der Waals surface area contributed by atoms with Gasteiger partial charge >= 0.3 is 6.09 Å². The Balaban J connectivity index is 3.67. The van der Waals surface area contributed by atoms with Crippen molar-refractivity contribution >= 4 is 6.09 Å². The molecular formula is C10H22N2O2. The highest BCUT2D eigenvalue weighted by molar-refractivity contribution is 5.67. The first-order valence-electron chi connectivity index (χ1n) is 5.23. The molecule has 84 valence electrons. The molecule has 1 amide bonds. The Morgan fingerprint density at radius 3 is 2.57 bits per heavy atom. The fourth-order valence-corrected chi connectivity index (χ4v) is 1.05. The molecule has 0 aromatic rings. The van der Waals surface area contributed by atoms with E-state index in [1.807, 2.05) is 13.8 Å². The van der Waals surface area contributed by atoms with Gasteiger partial charge in [-0.25, -0.2) is 4.79 Å². The van der Waals surface area contributed by atoms with Gasteiger partial charge in [0.2, 0.25) is 0 Å². The second-order valence-corrected chi connectivity index (χ2v) is 3.86. The summed E-state index contributed by atoms with van der Waals surface area (Å²) in [5, 5.41) is 2.74. The Morgan fingerprint density at radius 2 is 2.14 bits per heavy atom. The van der Waals surface area contributed by atoms with Gasteiger partial charge in [0.05, 0.1) is 6.61 Å². The molecule has 0 spiro atoms. The minimum absolute atomic E-state index is 0.0414. The fraction of sp³-hybridized carbons (Fsp3) is 0.900. The van der Waals surface area contributed by atoms with Gasteiger partial charge in [0.25, 0.3) is 0 Å². The van der Waals surface area contributed by atoms with Crippen LogP contribution in [0.3, 0.4) is 0 Å². The highest BCUT2D eigenvalue weighted by atomic mass is 16.5. The zero-order valence-electron chi connectivity index (χ0n) is 9.38. The van der Waals surface area contributed by atoms with Crippen molar-refractivity contribution in [1.82, 2.24) is 5.32 Å². The monoisotopic (exact) mass is 202 g/mol. The number of alkyl carbamates (subject to hydrolysis) is 1. The molecular weight excluding hydrogens is 180 g/mol. The molecule has 1 unspecified atom stereocenters. The van der Waals surface area contributed by atoms with E-state index >= 15 is 0 Å². The lowest BCUT2D eigenvalue weighted by Crippen LogP contribution is -2.40. The number of carbonyl (C=O) groups excluding carboxylic acids is 1. The van der Waals surface area contributed by atoms with Crippen LogP contribution in [0.15, 0.2) is 0 Å². The average molecular weight is 202 g/mol. The van der Waals surface area contributed by atoms with Crippen LogP contribution in [0.5, 0.6) is 0 Å². The molecule has 0 radical (unpaired) electrons. The zero-order valence-corrected chi connectivity index (χ0v) is 9.38. The van der Waals surface area contributed by atoms with Crippen LogP contribution in [-0.4, -0.2) is 25.3 Å². The molecule has 0 saturated heterocycles. The lowest BCUT2D eigenvalue weighted by Gasteiger charge is -2.16. The Hall–Kier alpha value is -0.770. The van der Waals surface area contributed by atoms with Crippen LogP contribution < -0.4 is 11.1 Å². The third kappa shape index (κ3) is 6.71. The van der Waals surface area contributed by atoms with E-state index < -0.39 is 0 Å². The van der Waals surface area contributed by atoms with Gasteiger partial charge in [-0.15, -0.1) is 0 Å². The quantitative estimate of drug-likeness (QED) is 0.686. The van der Waals surface area contributed by atoms with Crippen LogP contribution in [0, 0.1) is 5.92 Å². The zero-order chi connectivity index (χ0) is 11.0. The molecule has 0 aromatic carbocycles. The van der Waals surface area contributed by atoms with Crippen LogP contribution in [0.25, 0.3) is 0 Å². The van der Waals surface area contributed by atoms with E-state index in [2.05, 4.69) is 12.2 Å². The highest BCUT2D eigenvalue weighted by Crippen LogP contribution is 1.97. The number of ether oxygens (including phenoxy) is 1. The Morgan fingerprint density at radius 1 is 1.50 bits per heavy atom. The molecule has 0 aliphatic carbocycles. The maximum atomic E-state index is 11.2. The fourth-order valence-electron chi connectivity index (χ4n) is 1.05. The van der Waals surface area contributed by atoms with Gasteiger partial charge < -0.3 is 15.8 Å². The SMILES string of the molecule is CCCC(CN)NC(=O)OCC(C)C. The van der Waals surface area contributed by atoms with Crippen LogP contribution in [0.2, 0.25) is 0 Å². The Labute approximate surface area is 86.2 Å². The van der Waals surface area contributed by atoms with Gasteiger partial charge in [0.1, 0.15) is 0 Å². The largest absolute Gasteiger partial charge is 0.449 e. The van der Waals surface area contributed by atoms with Crippen LogP contribution in [0.4, 0.5) is 4.79 Å². The van der Waals surface area contributed by atoms with E-state index in [9.17, 15) is 4.79 Å². The number of carbonyl (C=O) groups is 1. The molecule has 0 bridgehead atoms. The molecule has 0 rings (SSSR count). The number of hydrogen-bond donors (Lipinski definition) is 2. The van der Waals surface area contributed by atoms with Gasteiger partial charge in [0.15, 0.2) is 0 Å². The summed E-state index contributed by atoms with van der Waals surface area (Å²) in [4.78, 5) is 11.2. The van der Waals surface area contributed by atoms with Crippen molar-refractivity contribution in [2.45, 2.75) is 39.7 Å². The molecule has 0 fully saturated rings. The van der Waals surface area contributed by atoms with Crippen LogP contribution in [-0.2, 0) is 4.74 Å². The van der Waals surface area contributed by atoms with Crippen molar-refractivity contribution in [3.63, 3.8) is 0 Å². The Bertz CT molecular complexity index is 160. The average Bonchev–Trinajstić information content (AvgIpc) is 2.14. The van der Waals surface area contributed by atoms with Crippen molar-refractivity contribution in [2.24, 2.45) is 11.7 Å². The van der Waals surface area contributed by atoms with Gasteiger partial charge in [0, 0.05) is 12.6 Å². The van der Waals surface area contributed by atoms with Crippen molar-refractivity contribution in [3.8, 4) is 0 Å². The highest BCUT2D eigenvalue weighted by Gasteiger charge is 2.10. The van der Waals surface area contributed by atoms with Crippen molar-refractivity contribution in [3.05, 3.63) is 0 Å². The number of nitrogens with two attached hydrogens (primary N) is 1. The minimum atomic E-state index is -0.359. The van der Waals surface area contributed by atoms with Crippen molar-refractivity contribution in [2.75, 3.05) is 13.2 Å². The molecule has 3 N–H and O–H groups in total. The van der Waals surface area contributed by atoms with E-state index in [1.165, 1.54) is 0 Å². The van der Waals surface area contributed by atoms with Gasteiger partial charge in [-0.2, -0.15) is 0 Å². The van der Waals surface area contributed by atoms with E-state index in [4.69, 9.17) is 10.5 Å². The number of rotatable bonds is 6. The normalized spacial score (nSPS) is 12.6. The minimum Gasteiger partial charge on any atom is -0.449 e. The lowest BCUT2D eigenvalue weighted by atomic mass is 10.2. The first-order chi connectivity index (χ1) is 6.60. The molecule has 0 heterocycles. The van der Waals surface area contributed by atoms with Crippen molar-refractivity contribution < 1.29 is 9.53 Å². The molecule has 4 nitrogen and oxygen atoms in total. The van der Waals surface area contributed by atoms with Crippen LogP contribution >= 0.6 is 0 Å². The topological polar surface area (TPSA) is 64.3 Å². The van der Waals surface area contributed by atoms with Gasteiger partial charge in [-0.1, -0.05) is 27.2 Å². The van der Waals surface area contributed by atoms with Crippen LogP contribution in [0.1, 0.15) is 33.6 Å². The lowest BCUT2D eigenvalue weighted by molar-refractivity contribution is 0.129. The second-order valence-electron chi connectivity index (χ2n) is 3.86. The molecule has 0 aliphatic heterocycles. The van der Waals surface area contributed by atoms with E-state index in [0.717, 1.165) is 12.8 Å². The Kier molecular flexibility index (Phi) is 7.20. The molecule has 0 aromatic heterocycles. The molecule has 4 heteroatoms.